The van der Waals surface area contributed by atoms with Crippen molar-refractivity contribution < 1.29 is 14.6 Å². The van der Waals surface area contributed by atoms with Crippen LogP contribution in [0.1, 0.15) is 12.2 Å². The highest BCUT2D eigenvalue weighted by Gasteiger charge is 2.12. The van der Waals surface area contributed by atoms with Gasteiger partial charge in [0.1, 0.15) is 5.82 Å². The largest absolute Gasteiger partial charge is 0.480 e. The molecule has 0 atom stereocenters. The topological polar surface area (TPSA) is 80.3 Å². The molecule has 0 unspecified atom stereocenters. The molecule has 0 aliphatic heterocycles. The lowest BCUT2D eigenvalue weighted by Gasteiger charge is -2.07. The van der Waals surface area contributed by atoms with E-state index in [0.717, 1.165) is 28.0 Å². The summed E-state index contributed by atoms with van der Waals surface area (Å²) >= 11 is 0. The number of aromatic nitrogens is 3. The maximum absolute atomic E-state index is 8.72. The molecule has 0 aliphatic rings. The van der Waals surface area contributed by atoms with Gasteiger partial charge < -0.3 is 19.6 Å². The summed E-state index contributed by atoms with van der Waals surface area (Å²) < 4.78 is 10.9. The minimum Gasteiger partial charge on any atom is -0.480 e. The van der Waals surface area contributed by atoms with Crippen LogP contribution in [0.2, 0.25) is 0 Å². The van der Waals surface area contributed by atoms with Gasteiger partial charge in [0, 0.05) is 25.0 Å². The van der Waals surface area contributed by atoms with Gasteiger partial charge in [-0.05, 0) is 18.6 Å². The van der Waals surface area contributed by atoms with Crippen LogP contribution in [-0.4, -0.2) is 47.0 Å². The van der Waals surface area contributed by atoms with Gasteiger partial charge in [0.15, 0.2) is 0 Å². The Hall–Kier alpha value is -2.44. The van der Waals surface area contributed by atoms with Crippen LogP contribution in [-0.2, 0) is 11.2 Å². The van der Waals surface area contributed by atoms with Crippen LogP contribution in [0.4, 0.5) is 0 Å². The van der Waals surface area contributed by atoms with Gasteiger partial charge in [0.05, 0.1) is 36.7 Å². The summed E-state index contributed by atoms with van der Waals surface area (Å²) in [5, 5.41) is 9.77. The van der Waals surface area contributed by atoms with Gasteiger partial charge in [0.25, 0.3) is 0 Å². The number of aliphatic hydroxyl groups is 1. The molecule has 0 amide bonds. The molecule has 1 aromatic carbocycles. The van der Waals surface area contributed by atoms with Gasteiger partial charge in [-0.15, -0.1) is 0 Å². The number of pyridine rings is 1. The zero-order valence-electron chi connectivity index (χ0n) is 13.7. The Labute approximate surface area is 140 Å². The number of rotatable bonds is 8. The van der Waals surface area contributed by atoms with Crippen molar-refractivity contribution in [1.29, 1.82) is 0 Å². The minimum atomic E-state index is 0.152. The number of nitrogens with one attached hydrogen (secondary N) is 1. The van der Waals surface area contributed by atoms with E-state index >= 15 is 0 Å². The quantitative estimate of drug-likeness (QED) is 0.622. The molecule has 3 rings (SSSR count). The number of nitrogens with zero attached hydrogens (tertiary/aromatic N) is 2. The molecule has 3 aromatic rings. The van der Waals surface area contributed by atoms with E-state index in [2.05, 4.69) is 21.0 Å². The summed E-state index contributed by atoms with van der Waals surface area (Å²) in [5.74, 6) is 1.42. The molecular weight excluding hydrogens is 306 g/mol. The number of methoxy groups -OCH3 is 1. The van der Waals surface area contributed by atoms with E-state index in [1.54, 1.807) is 13.3 Å². The van der Waals surface area contributed by atoms with Crippen LogP contribution in [0.3, 0.4) is 0 Å². The average molecular weight is 327 g/mol. The van der Waals surface area contributed by atoms with Crippen LogP contribution in [0.5, 0.6) is 5.88 Å². The van der Waals surface area contributed by atoms with Gasteiger partial charge in [-0.25, -0.2) is 9.97 Å². The molecule has 0 saturated heterocycles. The van der Waals surface area contributed by atoms with Gasteiger partial charge in [0.2, 0.25) is 5.88 Å². The van der Waals surface area contributed by atoms with Crippen LogP contribution in [0, 0.1) is 0 Å². The number of benzene rings is 1. The molecule has 2 heterocycles. The van der Waals surface area contributed by atoms with Gasteiger partial charge in [-0.3, -0.25) is 0 Å². The molecule has 0 fully saturated rings. The summed E-state index contributed by atoms with van der Waals surface area (Å²) in [5.41, 5.74) is 2.65. The van der Waals surface area contributed by atoms with E-state index < -0.39 is 0 Å². The second-order valence-electron chi connectivity index (χ2n) is 5.42. The molecule has 24 heavy (non-hydrogen) atoms. The summed E-state index contributed by atoms with van der Waals surface area (Å²) in [6.07, 6.45) is 3.13. The fourth-order valence-electron chi connectivity index (χ4n) is 2.51. The number of imidazole rings is 1. The number of ether oxygens (including phenoxy) is 2. The maximum atomic E-state index is 8.72. The summed E-state index contributed by atoms with van der Waals surface area (Å²) in [4.78, 5) is 12.3. The van der Waals surface area contributed by atoms with E-state index in [1.807, 2.05) is 24.3 Å². The lowest BCUT2D eigenvalue weighted by molar-refractivity contribution is 0.117. The van der Waals surface area contributed by atoms with Crippen molar-refractivity contribution in [3.8, 4) is 17.1 Å². The van der Waals surface area contributed by atoms with Crippen LogP contribution in [0.15, 0.2) is 36.5 Å². The number of aliphatic hydroxyl groups excluding tert-OH is 1. The zero-order chi connectivity index (χ0) is 16.8. The highest BCUT2D eigenvalue weighted by molar-refractivity contribution is 5.85. The Balaban J connectivity index is 1.78. The van der Waals surface area contributed by atoms with Gasteiger partial charge in [-0.2, -0.15) is 0 Å². The second-order valence-corrected chi connectivity index (χ2v) is 5.42. The van der Waals surface area contributed by atoms with Crippen molar-refractivity contribution in [3.05, 3.63) is 42.4 Å². The van der Waals surface area contributed by atoms with Crippen molar-refractivity contribution in [2.75, 3.05) is 26.9 Å². The van der Waals surface area contributed by atoms with Crippen LogP contribution in [0.25, 0.3) is 22.2 Å². The predicted molar refractivity (Wildman–Crippen MR) is 92.1 cm³/mol. The maximum Gasteiger partial charge on any atom is 0.223 e. The first-order valence-corrected chi connectivity index (χ1v) is 7.98. The molecule has 2 aromatic heterocycles. The summed E-state index contributed by atoms with van der Waals surface area (Å²) in [6.45, 7) is 1.28. The summed E-state index contributed by atoms with van der Waals surface area (Å²) in [7, 11) is 1.62. The molecular formula is C18H21N3O3. The van der Waals surface area contributed by atoms with Crippen molar-refractivity contribution >= 4 is 10.9 Å². The van der Waals surface area contributed by atoms with Gasteiger partial charge >= 0.3 is 0 Å². The SMILES string of the molecule is COc1nc2ccccc2cc1-c1cnc(CCOCCCO)[nH]1. The number of aromatic amines is 1. The highest BCUT2D eigenvalue weighted by Crippen LogP contribution is 2.30. The molecule has 126 valence electrons. The molecule has 0 aliphatic carbocycles. The van der Waals surface area contributed by atoms with E-state index in [4.69, 9.17) is 14.6 Å². The number of fused-ring (bicyclic) bond motifs is 1. The first kappa shape index (κ1) is 16.4. The van der Waals surface area contributed by atoms with Gasteiger partial charge in [-0.1, -0.05) is 18.2 Å². The normalized spacial score (nSPS) is 11.1. The Kier molecular flexibility index (Phi) is 5.40. The fourth-order valence-corrected chi connectivity index (χ4v) is 2.51. The minimum absolute atomic E-state index is 0.152. The summed E-state index contributed by atoms with van der Waals surface area (Å²) in [6, 6.07) is 9.99. The zero-order valence-corrected chi connectivity index (χ0v) is 13.7. The third-order valence-corrected chi connectivity index (χ3v) is 3.73. The van der Waals surface area contributed by atoms with Crippen LogP contribution < -0.4 is 4.74 Å². The molecule has 6 nitrogen and oxygen atoms in total. The van der Waals surface area contributed by atoms with Crippen molar-refractivity contribution in [2.24, 2.45) is 0 Å². The Morgan fingerprint density at radius 3 is 2.92 bits per heavy atom. The molecule has 6 heteroatoms. The fraction of sp³-hybridized carbons (Fsp3) is 0.333. The van der Waals surface area contributed by atoms with Crippen molar-refractivity contribution in [2.45, 2.75) is 12.8 Å². The molecule has 0 bridgehead atoms. The number of hydrogen-bond donors (Lipinski definition) is 2. The van der Waals surface area contributed by atoms with E-state index in [-0.39, 0.29) is 6.61 Å². The van der Waals surface area contributed by atoms with Crippen molar-refractivity contribution in [1.82, 2.24) is 15.0 Å². The first-order chi connectivity index (χ1) is 11.8. The lowest BCUT2D eigenvalue weighted by atomic mass is 10.1. The highest BCUT2D eigenvalue weighted by atomic mass is 16.5. The Bertz CT molecular complexity index is 801. The molecule has 2 N–H and O–H groups in total. The third-order valence-electron chi connectivity index (χ3n) is 3.73. The molecule has 0 spiro atoms. The van der Waals surface area contributed by atoms with Crippen LogP contribution >= 0.6 is 0 Å². The Morgan fingerprint density at radius 1 is 1.21 bits per heavy atom. The number of hydrogen-bond acceptors (Lipinski definition) is 5. The molecule has 0 saturated carbocycles. The average Bonchev–Trinajstić information content (AvgIpc) is 3.09. The first-order valence-electron chi connectivity index (χ1n) is 7.98. The monoisotopic (exact) mass is 327 g/mol. The molecule has 0 radical (unpaired) electrons. The third kappa shape index (κ3) is 3.72. The Morgan fingerprint density at radius 2 is 2.08 bits per heavy atom. The number of para-hydroxylation sites is 1. The number of H-pyrrole nitrogens is 1. The van der Waals surface area contributed by atoms with Crippen molar-refractivity contribution in [3.63, 3.8) is 0 Å². The van der Waals surface area contributed by atoms with E-state index in [0.29, 0.717) is 31.9 Å². The lowest BCUT2D eigenvalue weighted by Crippen LogP contribution is -2.02. The standard InChI is InChI=1S/C18H21N3O3/c1-23-18-14(11-13-5-2-3-6-15(13)21-18)16-12-19-17(20-16)7-10-24-9-4-8-22/h2-3,5-6,11-12,22H,4,7-10H2,1H3,(H,19,20). The van der Waals surface area contributed by atoms with E-state index in [1.165, 1.54) is 0 Å². The second kappa shape index (κ2) is 7.90. The van der Waals surface area contributed by atoms with E-state index in [9.17, 15) is 0 Å². The smallest absolute Gasteiger partial charge is 0.223 e. The predicted octanol–water partition coefficient (Wildman–Crippen LogP) is 2.58.